The van der Waals surface area contributed by atoms with Crippen molar-refractivity contribution in [1.29, 1.82) is 0 Å². The lowest BCUT2D eigenvalue weighted by atomic mass is 10.0. The molecule has 0 unspecified atom stereocenters. The fourth-order valence-corrected chi connectivity index (χ4v) is 3.59. The van der Waals surface area contributed by atoms with Crippen molar-refractivity contribution in [3.8, 4) is 0 Å². The molecule has 9 heteroatoms. The van der Waals surface area contributed by atoms with E-state index in [-0.39, 0.29) is 23.3 Å². The SMILES string of the molecule is Cc1ccc([C@H](CN2CCOCC2)NC(=O)c2n[nH]c3ccc([N+](=O)[O-])cc23)cc1. The first-order valence-electron chi connectivity index (χ1n) is 9.81. The van der Waals surface area contributed by atoms with E-state index in [9.17, 15) is 14.9 Å². The molecule has 0 saturated carbocycles. The van der Waals surface area contributed by atoms with E-state index in [0.29, 0.717) is 30.7 Å². The largest absolute Gasteiger partial charge is 0.379 e. The summed E-state index contributed by atoms with van der Waals surface area (Å²) in [5, 5.41) is 21.5. The molecule has 0 bridgehead atoms. The maximum absolute atomic E-state index is 13.1. The lowest BCUT2D eigenvalue weighted by molar-refractivity contribution is -0.384. The van der Waals surface area contributed by atoms with E-state index in [4.69, 9.17) is 4.74 Å². The van der Waals surface area contributed by atoms with E-state index in [1.807, 2.05) is 31.2 Å². The van der Waals surface area contributed by atoms with Gasteiger partial charge in [-0.2, -0.15) is 5.10 Å². The van der Waals surface area contributed by atoms with Gasteiger partial charge in [-0.05, 0) is 18.6 Å². The van der Waals surface area contributed by atoms with Gasteiger partial charge in [-0.1, -0.05) is 29.8 Å². The molecule has 1 saturated heterocycles. The molecule has 0 radical (unpaired) electrons. The van der Waals surface area contributed by atoms with Gasteiger partial charge in [-0.15, -0.1) is 0 Å². The Bertz CT molecular complexity index is 1060. The second kappa shape index (κ2) is 8.60. The summed E-state index contributed by atoms with van der Waals surface area (Å²) in [5.74, 6) is -0.374. The molecule has 9 nitrogen and oxygen atoms in total. The summed E-state index contributed by atoms with van der Waals surface area (Å²) in [7, 11) is 0. The van der Waals surface area contributed by atoms with Gasteiger partial charge < -0.3 is 10.1 Å². The summed E-state index contributed by atoms with van der Waals surface area (Å²) in [5.41, 5.74) is 2.77. The van der Waals surface area contributed by atoms with Gasteiger partial charge in [0, 0.05) is 37.2 Å². The molecular weight excluding hydrogens is 386 g/mol. The predicted octanol–water partition coefficient (Wildman–Crippen LogP) is 2.58. The highest BCUT2D eigenvalue weighted by molar-refractivity contribution is 6.05. The van der Waals surface area contributed by atoms with Crippen molar-refractivity contribution in [3.63, 3.8) is 0 Å². The first-order valence-corrected chi connectivity index (χ1v) is 9.81. The number of carbonyl (C=O) groups excluding carboxylic acids is 1. The molecule has 2 N–H and O–H groups in total. The molecule has 0 spiro atoms. The van der Waals surface area contributed by atoms with Crippen LogP contribution in [-0.2, 0) is 4.74 Å². The smallest absolute Gasteiger partial charge is 0.272 e. The van der Waals surface area contributed by atoms with Crippen molar-refractivity contribution in [1.82, 2.24) is 20.4 Å². The van der Waals surface area contributed by atoms with Gasteiger partial charge in [-0.3, -0.25) is 24.9 Å². The number of nitrogens with one attached hydrogen (secondary N) is 2. The van der Waals surface area contributed by atoms with Crippen LogP contribution in [0.4, 0.5) is 5.69 Å². The number of benzene rings is 2. The number of hydrogen-bond acceptors (Lipinski definition) is 6. The molecule has 1 atom stereocenters. The lowest BCUT2D eigenvalue weighted by Crippen LogP contribution is -2.43. The molecule has 3 aromatic rings. The monoisotopic (exact) mass is 409 g/mol. The van der Waals surface area contributed by atoms with Crippen molar-refractivity contribution in [2.24, 2.45) is 0 Å². The van der Waals surface area contributed by atoms with Crippen LogP contribution in [-0.4, -0.2) is 58.8 Å². The average molecular weight is 409 g/mol. The van der Waals surface area contributed by atoms with E-state index >= 15 is 0 Å². The van der Waals surface area contributed by atoms with Crippen molar-refractivity contribution in [2.45, 2.75) is 13.0 Å². The van der Waals surface area contributed by atoms with Crippen LogP contribution < -0.4 is 5.32 Å². The third-order valence-electron chi connectivity index (χ3n) is 5.30. The standard InChI is InChI=1S/C21H23N5O4/c1-14-2-4-15(5-3-14)19(13-25-8-10-30-11-9-25)22-21(27)20-17-12-16(26(28)29)6-7-18(17)23-24-20/h2-7,12,19H,8-11,13H2,1H3,(H,22,27)(H,23,24)/t19-/m0/s1. The third-order valence-corrected chi connectivity index (χ3v) is 5.30. The lowest BCUT2D eigenvalue weighted by Gasteiger charge is -2.31. The number of aryl methyl sites for hydroxylation is 1. The Kier molecular flexibility index (Phi) is 5.73. The zero-order chi connectivity index (χ0) is 21.1. The molecule has 30 heavy (non-hydrogen) atoms. The van der Waals surface area contributed by atoms with Crippen molar-refractivity contribution in [2.75, 3.05) is 32.8 Å². The molecule has 2 heterocycles. The van der Waals surface area contributed by atoms with Gasteiger partial charge in [-0.25, -0.2) is 0 Å². The minimum Gasteiger partial charge on any atom is -0.379 e. The minimum absolute atomic E-state index is 0.0821. The van der Waals surface area contributed by atoms with Crippen molar-refractivity contribution < 1.29 is 14.5 Å². The third kappa shape index (κ3) is 4.32. The van der Waals surface area contributed by atoms with Gasteiger partial charge in [0.15, 0.2) is 5.69 Å². The highest BCUT2D eigenvalue weighted by atomic mass is 16.6. The summed E-state index contributed by atoms with van der Waals surface area (Å²) < 4.78 is 5.42. The molecule has 4 rings (SSSR count). The van der Waals surface area contributed by atoms with Crippen molar-refractivity contribution in [3.05, 3.63) is 69.4 Å². The first kappa shape index (κ1) is 20.0. The highest BCUT2D eigenvalue weighted by Crippen LogP contribution is 2.23. The summed E-state index contributed by atoms with van der Waals surface area (Å²) in [6, 6.07) is 12.1. The molecule has 1 amide bonds. The van der Waals surface area contributed by atoms with Crippen LogP contribution >= 0.6 is 0 Å². The number of fused-ring (bicyclic) bond motifs is 1. The maximum atomic E-state index is 13.1. The van der Waals surface area contributed by atoms with Crippen LogP contribution in [0.25, 0.3) is 10.9 Å². The number of amides is 1. The van der Waals surface area contributed by atoms with Gasteiger partial charge in [0.2, 0.25) is 0 Å². The Morgan fingerprint density at radius 1 is 1.27 bits per heavy atom. The van der Waals surface area contributed by atoms with Crippen LogP contribution in [0.15, 0.2) is 42.5 Å². The van der Waals surface area contributed by atoms with Crippen LogP contribution in [0.3, 0.4) is 0 Å². The minimum atomic E-state index is -0.484. The molecule has 1 aliphatic rings. The van der Waals surface area contributed by atoms with Crippen molar-refractivity contribution >= 4 is 22.5 Å². The number of nitro benzene ring substituents is 1. The molecule has 2 aromatic carbocycles. The number of nitro groups is 1. The zero-order valence-corrected chi connectivity index (χ0v) is 16.6. The zero-order valence-electron chi connectivity index (χ0n) is 16.6. The Balaban J connectivity index is 1.60. The number of rotatable bonds is 6. The number of H-pyrrole nitrogens is 1. The molecular formula is C21H23N5O4. The molecule has 1 fully saturated rings. The number of ether oxygens (including phenoxy) is 1. The van der Waals surface area contributed by atoms with E-state index < -0.39 is 4.92 Å². The topological polar surface area (TPSA) is 113 Å². The number of nitrogens with zero attached hydrogens (tertiary/aromatic N) is 3. The highest BCUT2D eigenvalue weighted by Gasteiger charge is 2.23. The quantitative estimate of drug-likeness (QED) is 0.478. The maximum Gasteiger partial charge on any atom is 0.272 e. The van der Waals surface area contributed by atoms with E-state index in [1.54, 1.807) is 6.07 Å². The first-order chi connectivity index (χ1) is 14.5. The van der Waals surface area contributed by atoms with Crippen LogP contribution in [0.2, 0.25) is 0 Å². The summed E-state index contributed by atoms with van der Waals surface area (Å²) >= 11 is 0. The van der Waals surface area contributed by atoms with Gasteiger partial charge in [0.05, 0.1) is 29.7 Å². The number of hydrogen-bond donors (Lipinski definition) is 2. The fourth-order valence-electron chi connectivity index (χ4n) is 3.59. The Morgan fingerprint density at radius 2 is 2.00 bits per heavy atom. The van der Waals surface area contributed by atoms with Crippen LogP contribution in [0.1, 0.15) is 27.7 Å². The summed E-state index contributed by atoms with van der Waals surface area (Å²) in [6.07, 6.45) is 0. The normalized spacial score (nSPS) is 15.8. The van der Waals surface area contributed by atoms with Crippen LogP contribution in [0, 0.1) is 17.0 Å². The van der Waals surface area contributed by atoms with Gasteiger partial charge in [0.1, 0.15) is 0 Å². The molecule has 1 aliphatic heterocycles. The fraction of sp³-hybridized carbons (Fsp3) is 0.333. The number of aromatic nitrogens is 2. The second-order valence-electron chi connectivity index (χ2n) is 7.41. The van der Waals surface area contributed by atoms with E-state index in [0.717, 1.165) is 24.2 Å². The van der Waals surface area contributed by atoms with Gasteiger partial charge in [0.25, 0.3) is 11.6 Å². The van der Waals surface area contributed by atoms with Crippen LogP contribution in [0.5, 0.6) is 0 Å². The Hall–Kier alpha value is -3.30. The Morgan fingerprint density at radius 3 is 2.70 bits per heavy atom. The number of non-ortho nitro benzene ring substituents is 1. The summed E-state index contributed by atoms with van der Waals surface area (Å²) in [4.78, 5) is 26.0. The number of carbonyl (C=O) groups is 1. The predicted molar refractivity (Wildman–Crippen MR) is 111 cm³/mol. The molecule has 156 valence electrons. The van der Waals surface area contributed by atoms with Gasteiger partial charge >= 0.3 is 0 Å². The van der Waals surface area contributed by atoms with E-state index in [2.05, 4.69) is 20.4 Å². The molecule has 0 aliphatic carbocycles. The Labute approximate surface area is 173 Å². The number of aromatic amines is 1. The average Bonchev–Trinajstić information content (AvgIpc) is 3.18. The summed E-state index contributed by atoms with van der Waals surface area (Å²) in [6.45, 7) is 5.60. The molecule has 1 aromatic heterocycles. The second-order valence-corrected chi connectivity index (χ2v) is 7.41. The number of morpholine rings is 1. The van der Waals surface area contributed by atoms with E-state index in [1.165, 1.54) is 12.1 Å².